The van der Waals surface area contributed by atoms with E-state index in [2.05, 4.69) is 22.3 Å². The lowest BCUT2D eigenvalue weighted by atomic mass is 10.1. The first-order valence-corrected chi connectivity index (χ1v) is 7.42. The summed E-state index contributed by atoms with van der Waals surface area (Å²) < 4.78 is 0. The van der Waals surface area contributed by atoms with Gasteiger partial charge in [-0.3, -0.25) is 14.5 Å². The molecule has 0 bridgehead atoms. The summed E-state index contributed by atoms with van der Waals surface area (Å²) >= 11 is 0. The van der Waals surface area contributed by atoms with Crippen LogP contribution in [-0.4, -0.2) is 41.5 Å². The Hall–Kier alpha value is -1.88. The molecular weight excluding hydrogens is 268 g/mol. The van der Waals surface area contributed by atoms with E-state index in [-0.39, 0.29) is 18.9 Å². The van der Waals surface area contributed by atoms with Crippen molar-refractivity contribution in [3.63, 3.8) is 0 Å². The standard InChI is InChI=1S/C16H22N2O3/c19-15(17-11-16(20)21)10-13-4-6-14(7-5-13)12-18-8-2-1-3-9-18/h4-7H,1-3,8-12H2,(H,17,19)(H,20,21). The summed E-state index contributed by atoms with van der Waals surface area (Å²) in [5.41, 5.74) is 2.16. The van der Waals surface area contributed by atoms with Crippen molar-refractivity contribution >= 4 is 11.9 Å². The van der Waals surface area contributed by atoms with E-state index in [1.165, 1.54) is 37.9 Å². The Morgan fingerprint density at radius 3 is 2.29 bits per heavy atom. The summed E-state index contributed by atoms with van der Waals surface area (Å²) in [6.45, 7) is 2.97. The topological polar surface area (TPSA) is 69.6 Å². The van der Waals surface area contributed by atoms with Crippen molar-refractivity contribution in [2.24, 2.45) is 0 Å². The number of amides is 1. The maximum Gasteiger partial charge on any atom is 0.322 e. The number of aliphatic carboxylic acids is 1. The van der Waals surface area contributed by atoms with Crippen molar-refractivity contribution in [1.82, 2.24) is 10.2 Å². The molecule has 0 aliphatic carbocycles. The van der Waals surface area contributed by atoms with Crippen molar-refractivity contribution in [2.45, 2.75) is 32.2 Å². The van der Waals surface area contributed by atoms with Gasteiger partial charge in [-0.1, -0.05) is 30.7 Å². The molecule has 1 fully saturated rings. The van der Waals surface area contributed by atoms with Crippen LogP contribution in [0.3, 0.4) is 0 Å². The zero-order valence-corrected chi connectivity index (χ0v) is 12.2. The number of nitrogens with one attached hydrogen (secondary N) is 1. The fourth-order valence-corrected chi connectivity index (χ4v) is 2.56. The van der Waals surface area contributed by atoms with Gasteiger partial charge in [-0.15, -0.1) is 0 Å². The van der Waals surface area contributed by atoms with Crippen LogP contribution in [0, 0.1) is 0 Å². The number of hydrogen-bond donors (Lipinski definition) is 2. The van der Waals surface area contributed by atoms with Gasteiger partial charge < -0.3 is 10.4 Å². The minimum Gasteiger partial charge on any atom is -0.480 e. The Labute approximate surface area is 125 Å². The molecule has 0 atom stereocenters. The predicted molar refractivity (Wildman–Crippen MR) is 79.9 cm³/mol. The van der Waals surface area contributed by atoms with Gasteiger partial charge in [0.2, 0.25) is 5.91 Å². The maximum atomic E-state index is 11.5. The minimum absolute atomic E-state index is 0.220. The first kappa shape index (κ1) is 15.5. The van der Waals surface area contributed by atoms with Gasteiger partial charge in [0, 0.05) is 6.54 Å². The van der Waals surface area contributed by atoms with E-state index >= 15 is 0 Å². The number of nitrogens with zero attached hydrogens (tertiary/aromatic N) is 1. The highest BCUT2D eigenvalue weighted by molar-refractivity contribution is 5.82. The van der Waals surface area contributed by atoms with E-state index in [1.54, 1.807) is 0 Å². The van der Waals surface area contributed by atoms with Gasteiger partial charge in [0.25, 0.3) is 0 Å². The highest BCUT2D eigenvalue weighted by Gasteiger charge is 2.10. The molecule has 0 unspecified atom stereocenters. The van der Waals surface area contributed by atoms with Crippen LogP contribution >= 0.6 is 0 Å². The smallest absolute Gasteiger partial charge is 0.322 e. The quantitative estimate of drug-likeness (QED) is 0.831. The summed E-state index contributed by atoms with van der Waals surface area (Å²) in [4.78, 5) is 24.4. The molecule has 2 rings (SSSR count). The maximum absolute atomic E-state index is 11.5. The van der Waals surface area contributed by atoms with E-state index in [1.807, 2.05) is 12.1 Å². The van der Waals surface area contributed by atoms with E-state index in [4.69, 9.17) is 5.11 Å². The molecule has 1 aromatic carbocycles. The third-order valence-corrected chi connectivity index (χ3v) is 3.68. The third kappa shape index (κ3) is 5.55. The Bertz CT molecular complexity index is 479. The lowest BCUT2D eigenvalue weighted by Gasteiger charge is -2.26. The Morgan fingerprint density at radius 2 is 1.67 bits per heavy atom. The summed E-state index contributed by atoms with van der Waals surface area (Å²) in [6, 6.07) is 7.99. The molecule has 1 saturated heterocycles. The molecule has 21 heavy (non-hydrogen) atoms. The van der Waals surface area contributed by atoms with Gasteiger partial charge in [0.15, 0.2) is 0 Å². The Balaban J connectivity index is 1.80. The zero-order valence-electron chi connectivity index (χ0n) is 12.2. The number of likely N-dealkylation sites (tertiary alicyclic amines) is 1. The van der Waals surface area contributed by atoms with Gasteiger partial charge in [-0.25, -0.2) is 0 Å². The lowest BCUT2D eigenvalue weighted by Crippen LogP contribution is -2.30. The molecule has 1 heterocycles. The zero-order chi connectivity index (χ0) is 15.1. The van der Waals surface area contributed by atoms with E-state index in [9.17, 15) is 9.59 Å². The summed E-state index contributed by atoms with van der Waals surface area (Å²) in [7, 11) is 0. The summed E-state index contributed by atoms with van der Waals surface area (Å²) in [6.07, 6.45) is 4.11. The second-order valence-electron chi connectivity index (χ2n) is 5.50. The van der Waals surface area contributed by atoms with E-state index < -0.39 is 5.97 Å². The monoisotopic (exact) mass is 290 g/mol. The number of carboxylic acids is 1. The van der Waals surface area contributed by atoms with Crippen molar-refractivity contribution < 1.29 is 14.7 Å². The van der Waals surface area contributed by atoms with Crippen LogP contribution in [0.4, 0.5) is 0 Å². The summed E-state index contributed by atoms with van der Waals surface area (Å²) in [5.74, 6) is -1.29. The lowest BCUT2D eigenvalue weighted by molar-refractivity contribution is -0.137. The van der Waals surface area contributed by atoms with Gasteiger partial charge in [0.1, 0.15) is 6.54 Å². The predicted octanol–water partition coefficient (Wildman–Crippen LogP) is 1.42. The van der Waals surface area contributed by atoms with Crippen molar-refractivity contribution in [1.29, 1.82) is 0 Å². The molecular formula is C16H22N2O3. The Kier molecular flexibility index (Phi) is 5.75. The Morgan fingerprint density at radius 1 is 1.05 bits per heavy atom. The third-order valence-electron chi connectivity index (χ3n) is 3.68. The van der Waals surface area contributed by atoms with Crippen LogP contribution in [0.15, 0.2) is 24.3 Å². The molecule has 0 aromatic heterocycles. The van der Waals surface area contributed by atoms with Crippen molar-refractivity contribution in [3.05, 3.63) is 35.4 Å². The number of carboxylic acid groups (broad SMARTS) is 1. The van der Waals surface area contributed by atoms with Gasteiger partial charge in [-0.05, 0) is 37.1 Å². The molecule has 0 spiro atoms. The van der Waals surface area contributed by atoms with Crippen LogP contribution in [0.2, 0.25) is 0 Å². The van der Waals surface area contributed by atoms with Crippen LogP contribution in [0.1, 0.15) is 30.4 Å². The van der Waals surface area contributed by atoms with Gasteiger partial charge >= 0.3 is 5.97 Å². The normalized spacial score (nSPS) is 15.6. The van der Waals surface area contributed by atoms with Gasteiger partial charge in [-0.2, -0.15) is 0 Å². The minimum atomic E-state index is -1.03. The highest BCUT2D eigenvalue weighted by Crippen LogP contribution is 2.13. The summed E-state index contributed by atoms with van der Waals surface area (Å²) in [5, 5.41) is 10.9. The number of rotatable bonds is 6. The highest BCUT2D eigenvalue weighted by atomic mass is 16.4. The SMILES string of the molecule is O=C(O)CNC(=O)Cc1ccc(CN2CCCCC2)cc1. The molecule has 1 aliphatic rings. The molecule has 5 nitrogen and oxygen atoms in total. The molecule has 114 valence electrons. The molecule has 1 aromatic rings. The van der Waals surface area contributed by atoms with Crippen LogP contribution in [0.25, 0.3) is 0 Å². The molecule has 0 radical (unpaired) electrons. The van der Waals surface area contributed by atoms with Crippen molar-refractivity contribution in [2.75, 3.05) is 19.6 Å². The van der Waals surface area contributed by atoms with Crippen LogP contribution in [0.5, 0.6) is 0 Å². The van der Waals surface area contributed by atoms with E-state index in [0.29, 0.717) is 0 Å². The van der Waals surface area contributed by atoms with E-state index in [0.717, 1.165) is 12.1 Å². The fourth-order valence-electron chi connectivity index (χ4n) is 2.56. The van der Waals surface area contributed by atoms with Gasteiger partial charge in [0.05, 0.1) is 6.42 Å². The van der Waals surface area contributed by atoms with Crippen molar-refractivity contribution in [3.8, 4) is 0 Å². The number of carbonyl (C=O) groups excluding carboxylic acids is 1. The molecule has 5 heteroatoms. The van der Waals surface area contributed by atoms with Crippen LogP contribution in [-0.2, 0) is 22.6 Å². The molecule has 1 amide bonds. The average molecular weight is 290 g/mol. The van der Waals surface area contributed by atoms with Crippen LogP contribution < -0.4 is 5.32 Å². The number of piperidine rings is 1. The fraction of sp³-hybridized carbons (Fsp3) is 0.500. The number of benzene rings is 1. The largest absolute Gasteiger partial charge is 0.480 e. The molecule has 1 aliphatic heterocycles. The molecule has 2 N–H and O–H groups in total. The molecule has 0 saturated carbocycles. The second-order valence-corrected chi connectivity index (χ2v) is 5.50. The number of carbonyl (C=O) groups is 2. The second kappa shape index (κ2) is 7.78. The first-order valence-electron chi connectivity index (χ1n) is 7.42. The number of hydrogen-bond acceptors (Lipinski definition) is 3. The average Bonchev–Trinajstić information content (AvgIpc) is 2.48. The first-order chi connectivity index (χ1) is 10.1.